The Labute approximate surface area is 144 Å². The number of hydrogen-bond acceptors (Lipinski definition) is 4. The molecule has 0 saturated heterocycles. The molecular formula is C17H27N3O3S. The van der Waals surface area contributed by atoms with Gasteiger partial charge in [0.1, 0.15) is 0 Å². The summed E-state index contributed by atoms with van der Waals surface area (Å²) in [4.78, 5) is 4.55. The third-order valence-corrected chi connectivity index (χ3v) is 5.17. The average molecular weight is 353 g/mol. The third-order valence-electron chi connectivity index (χ3n) is 3.91. The molecule has 0 radical (unpaired) electrons. The van der Waals surface area contributed by atoms with E-state index in [0.29, 0.717) is 30.6 Å². The van der Waals surface area contributed by atoms with Crippen LogP contribution in [0.25, 0.3) is 0 Å². The fraction of sp³-hybridized carbons (Fsp3) is 0.588. The van der Waals surface area contributed by atoms with Crippen molar-refractivity contribution in [1.82, 2.24) is 10.6 Å². The molecule has 134 valence electrons. The zero-order valence-electron chi connectivity index (χ0n) is 14.6. The van der Waals surface area contributed by atoms with Gasteiger partial charge >= 0.3 is 0 Å². The highest BCUT2D eigenvalue weighted by atomic mass is 32.2. The summed E-state index contributed by atoms with van der Waals surface area (Å²) >= 11 is 0. The number of aliphatic imine (C=N–C) groups is 1. The Morgan fingerprint density at radius 3 is 2.67 bits per heavy atom. The van der Waals surface area contributed by atoms with Gasteiger partial charge in [-0.15, -0.1) is 0 Å². The first-order valence-electron chi connectivity index (χ1n) is 8.22. The van der Waals surface area contributed by atoms with Crippen LogP contribution in [-0.2, 0) is 21.1 Å². The molecule has 2 rings (SSSR count). The van der Waals surface area contributed by atoms with Gasteiger partial charge in [0.25, 0.3) is 0 Å². The number of guanidine groups is 1. The monoisotopic (exact) mass is 353 g/mol. The second kappa shape index (κ2) is 8.48. The molecule has 0 amide bonds. The third kappa shape index (κ3) is 6.13. The van der Waals surface area contributed by atoms with Crippen molar-refractivity contribution in [3.63, 3.8) is 0 Å². The van der Waals surface area contributed by atoms with Crippen molar-refractivity contribution in [2.75, 3.05) is 33.1 Å². The maximum atomic E-state index is 11.6. The van der Waals surface area contributed by atoms with Crippen LogP contribution in [0.15, 0.2) is 28.1 Å². The molecule has 1 aliphatic carbocycles. The second-order valence-electron chi connectivity index (χ2n) is 6.24. The molecule has 24 heavy (non-hydrogen) atoms. The van der Waals surface area contributed by atoms with Crippen LogP contribution in [0.4, 0.5) is 0 Å². The molecule has 2 N–H and O–H groups in total. The standard InChI is InChI=1S/C17H27N3O3S/c1-13-10-15(6-7-16(13)24(3,21)22)11-20-17(18-2)19-8-9-23-12-14-4-5-14/h6-7,10,14H,4-5,8-9,11-12H2,1-3H3,(H2,18,19,20). The molecule has 1 saturated carbocycles. The molecular weight excluding hydrogens is 326 g/mol. The fourth-order valence-corrected chi connectivity index (χ4v) is 3.38. The summed E-state index contributed by atoms with van der Waals surface area (Å²) in [6, 6.07) is 5.36. The minimum absolute atomic E-state index is 0.376. The Balaban J connectivity index is 1.76. The van der Waals surface area contributed by atoms with Gasteiger partial charge in [0.15, 0.2) is 15.8 Å². The molecule has 0 aromatic heterocycles. The van der Waals surface area contributed by atoms with E-state index in [-0.39, 0.29) is 0 Å². The van der Waals surface area contributed by atoms with E-state index in [9.17, 15) is 8.42 Å². The van der Waals surface area contributed by atoms with Crippen LogP contribution in [0, 0.1) is 12.8 Å². The van der Waals surface area contributed by atoms with Crippen molar-refractivity contribution < 1.29 is 13.2 Å². The number of rotatable bonds is 8. The predicted molar refractivity (Wildman–Crippen MR) is 96.0 cm³/mol. The van der Waals surface area contributed by atoms with Crippen molar-refractivity contribution in [1.29, 1.82) is 0 Å². The minimum atomic E-state index is -3.18. The molecule has 0 bridgehead atoms. The largest absolute Gasteiger partial charge is 0.379 e. The maximum Gasteiger partial charge on any atom is 0.191 e. The topological polar surface area (TPSA) is 79.8 Å². The van der Waals surface area contributed by atoms with Crippen molar-refractivity contribution in [3.8, 4) is 0 Å². The zero-order chi connectivity index (χ0) is 17.6. The van der Waals surface area contributed by atoms with E-state index in [2.05, 4.69) is 15.6 Å². The first-order valence-corrected chi connectivity index (χ1v) is 10.1. The highest BCUT2D eigenvalue weighted by molar-refractivity contribution is 7.90. The highest BCUT2D eigenvalue weighted by Gasteiger charge is 2.20. The summed E-state index contributed by atoms with van der Waals surface area (Å²) in [5, 5.41) is 6.42. The van der Waals surface area contributed by atoms with Crippen LogP contribution in [0.1, 0.15) is 24.0 Å². The maximum absolute atomic E-state index is 11.6. The Kier molecular flexibility index (Phi) is 6.62. The lowest BCUT2D eigenvalue weighted by Gasteiger charge is -2.13. The van der Waals surface area contributed by atoms with Crippen molar-refractivity contribution in [2.24, 2.45) is 10.9 Å². The molecule has 0 spiro atoms. The zero-order valence-corrected chi connectivity index (χ0v) is 15.4. The molecule has 1 fully saturated rings. The number of sulfone groups is 1. The first-order chi connectivity index (χ1) is 11.4. The van der Waals surface area contributed by atoms with E-state index < -0.39 is 9.84 Å². The van der Waals surface area contributed by atoms with E-state index in [1.165, 1.54) is 19.1 Å². The molecule has 1 aliphatic rings. The van der Waals surface area contributed by atoms with Crippen LogP contribution in [-0.4, -0.2) is 47.4 Å². The van der Waals surface area contributed by atoms with Gasteiger partial charge in [0, 0.05) is 33.0 Å². The lowest BCUT2D eigenvalue weighted by molar-refractivity contribution is 0.129. The molecule has 0 unspecified atom stereocenters. The number of hydrogen-bond donors (Lipinski definition) is 2. The lowest BCUT2D eigenvalue weighted by Crippen LogP contribution is -2.38. The van der Waals surface area contributed by atoms with Gasteiger partial charge in [0.05, 0.1) is 11.5 Å². The minimum Gasteiger partial charge on any atom is -0.379 e. The molecule has 1 aromatic carbocycles. The van der Waals surface area contributed by atoms with E-state index in [0.717, 1.165) is 23.7 Å². The van der Waals surface area contributed by atoms with Gasteiger partial charge in [-0.2, -0.15) is 0 Å². The molecule has 1 aromatic rings. The summed E-state index contributed by atoms with van der Waals surface area (Å²) in [5.41, 5.74) is 1.76. The van der Waals surface area contributed by atoms with E-state index in [1.807, 2.05) is 19.1 Å². The SMILES string of the molecule is CN=C(NCCOCC1CC1)NCc1ccc(S(C)(=O)=O)c(C)c1. The number of benzene rings is 1. The summed E-state index contributed by atoms with van der Waals surface area (Å²) < 4.78 is 28.9. The van der Waals surface area contributed by atoms with Crippen molar-refractivity contribution >= 4 is 15.8 Å². The predicted octanol–water partition coefficient (Wildman–Crippen LogP) is 1.49. The van der Waals surface area contributed by atoms with Gasteiger partial charge in [-0.05, 0) is 42.9 Å². The van der Waals surface area contributed by atoms with E-state index >= 15 is 0 Å². The Hall–Kier alpha value is -1.60. The molecule has 6 nitrogen and oxygen atoms in total. The van der Waals surface area contributed by atoms with Gasteiger partial charge in [-0.3, -0.25) is 4.99 Å². The Morgan fingerprint density at radius 2 is 2.08 bits per heavy atom. The molecule has 0 atom stereocenters. The van der Waals surface area contributed by atoms with Gasteiger partial charge in [-0.25, -0.2) is 8.42 Å². The second-order valence-corrected chi connectivity index (χ2v) is 8.23. The first kappa shape index (κ1) is 18.7. The average Bonchev–Trinajstić information content (AvgIpc) is 3.33. The summed E-state index contributed by atoms with van der Waals surface area (Å²) in [6.45, 7) is 4.62. The normalized spacial score (nSPS) is 15.4. The molecule has 0 heterocycles. The van der Waals surface area contributed by atoms with Crippen molar-refractivity contribution in [3.05, 3.63) is 29.3 Å². The number of ether oxygens (including phenoxy) is 1. The molecule has 7 heteroatoms. The van der Waals surface area contributed by atoms with Crippen LogP contribution < -0.4 is 10.6 Å². The summed E-state index contributed by atoms with van der Waals surface area (Å²) in [5.74, 6) is 1.48. The Morgan fingerprint density at radius 1 is 1.33 bits per heavy atom. The number of nitrogens with zero attached hydrogens (tertiary/aromatic N) is 1. The smallest absolute Gasteiger partial charge is 0.191 e. The highest BCUT2D eigenvalue weighted by Crippen LogP contribution is 2.28. The van der Waals surface area contributed by atoms with Gasteiger partial charge in [0.2, 0.25) is 0 Å². The number of nitrogens with one attached hydrogen (secondary N) is 2. The van der Waals surface area contributed by atoms with Crippen LogP contribution >= 0.6 is 0 Å². The summed E-state index contributed by atoms with van der Waals surface area (Å²) in [7, 11) is -1.46. The van der Waals surface area contributed by atoms with E-state index in [4.69, 9.17) is 4.74 Å². The van der Waals surface area contributed by atoms with Crippen LogP contribution in [0.3, 0.4) is 0 Å². The summed E-state index contributed by atoms with van der Waals surface area (Å²) in [6.07, 6.45) is 3.83. The number of aryl methyl sites for hydroxylation is 1. The van der Waals surface area contributed by atoms with Gasteiger partial charge in [-0.1, -0.05) is 12.1 Å². The van der Waals surface area contributed by atoms with Crippen molar-refractivity contribution in [2.45, 2.75) is 31.2 Å². The van der Waals surface area contributed by atoms with E-state index in [1.54, 1.807) is 13.1 Å². The van der Waals surface area contributed by atoms with Gasteiger partial charge < -0.3 is 15.4 Å². The van der Waals surface area contributed by atoms with Crippen LogP contribution in [0.5, 0.6) is 0 Å². The van der Waals surface area contributed by atoms with Crippen LogP contribution in [0.2, 0.25) is 0 Å². The molecule has 0 aliphatic heterocycles. The Bertz CT molecular complexity index is 682. The lowest BCUT2D eigenvalue weighted by atomic mass is 10.1. The fourth-order valence-electron chi connectivity index (χ4n) is 2.42. The quantitative estimate of drug-likeness (QED) is 0.420.